The number of aryl methyl sites for hydroxylation is 1. The van der Waals surface area contributed by atoms with Gasteiger partial charge in [0.1, 0.15) is 6.04 Å². The Morgan fingerprint density at radius 3 is 2.58 bits per heavy atom. The first-order chi connectivity index (χ1) is 9.13. The molecule has 4 nitrogen and oxygen atoms in total. The van der Waals surface area contributed by atoms with Gasteiger partial charge in [0.05, 0.1) is 6.61 Å². The van der Waals surface area contributed by atoms with Gasteiger partial charge in [-0.15, -0.1) is 0 Å². The van der Waals surface area contributed by atoms with Crippen LogP contribution in [0.1, 0.15) is 19.4 Å². The molecule has 1 unspecified atom stereocenters. The van der Waals surface area contributed by atoms with Crippen molar-refractivity contribution in [2.24, 2.45) is 0 Å². The molecule has 1 aromatic carbocycles. The number of hydrogen-bond donors (Lipinski definition) is 1. The third-order valence-corrected chi connectivity index (χ3v) is 3.16. The van der Waals surface area contributed by atoms with Crippen LogP contribution < -0.4 is 10.2 Å². The number of nitrogens with one attached hydrogen (secondary N) is 1. The molecule has 0 saturated heterocycles. The van der Waals surface area contributed by atoms with Crippen LogP contribution in [0.2, 0.25) is 0 Å². The monoisotopic (exact) mass is 264 g/mol. The van der Waals surface area contributed by atoms with E-state index >= 15 is 0 Å². The SMILES string of the molecule is CCOC(=O)C(CN(CC)c1ccccc1C)NC. The molecule has 0 heterocycles. The smallest absolute Gasteiger partial charge is 0.324 e. The number of rotatable bonds is 7. The second-order valence-electron chi connectivity index (χ2n) is 4.42. The summed E-state index contributed by atoms with van der Waals surface area (Å²) >= 11 is 0. The van der Waals surface area contributed by atoms with E-state index in [1.807, 2.05) is 19.1 Å². The normalized spacial score (nSPS) is 12.0. The first-order valence-corrected chi connectivity index (χ1v) is 6.78. The zero-order chi connectivity index (χ0) is 14.3. The van der Waals surface area contributed by atoms with Crippen LogP contribution in [0.5, 0.6) is 0 Å². The number of nitrogens with zero attached hydrogens (tertiary/aromatic N) is 1. The molecule has 0 aliphatic carbocycles. The first-order valence-electron chi connectivity index (χ1n) is 6.78. The van der Waals surface area contributed by atoms with Gasteiger partial charge in [-0.2, -0.15) is 0 Å². The number of carbonyl (C=O) groups excluding carboxylic acids is 1. The Kier molecular flexibility index (Phi) is 6.36. The molecule has 0 bridgehead atoms. The Morgan fingerprint density at radius 2 is 2.05 bits per heavy atom. The van der Waals surface area contributed by atoms with Gasteiger partial charge in [0.2, 0.25) is 0 Å². The predicted molar refractivity (Wildman–Crippen MR) is 78.5 cm³/mol. The quantitative estimate of drug-likeness (QED) is 0.765. The maximum atomic E-state index is 11.8. The van der Waals surface area contributed by atoms with Gasteiger partial charge in [0.25, 0.3) is 0 Å². The van der Waals surface area contributed by atoms with Crippen molar-refractivity contribution in [3.63, 3.8) is 0 Å². The molecule has 0 aliphatic rings. The van der Waals surface area contributed by atoms with Gasteiger partial charge >= 0.3 is 5.97 Å². The van der Waals surface area contributed by atoms with E-state index in [1.165, 1.54) is 5.56 Å². The lowest BCUT2D eigenvalue weighted by molar-refractivity contribution is -0.145. The number of hydrogen-bond acceptors (Lipinski definition) is 4. The number of para-hydroxylation sites is 1. The van der Waals surface area contributed by atoms with Crippen molar-refractivity contribution in [1.29, 1.82) is 0 Å². The predicted octanol–water partition coefficient (Wildman–Crippen LogP) is 1.97. The minimum absolute atomic E-state index is 0.197. The summed E-state index contributed by atoms with van der Waals surface area (Å²) in [4.78, 5) is 14.0. The van der Waals surface area contributed by atoms with Gasteiger partial charge in [-0.1, -0.05) is 18.2 Å². The molecule has 19 heavy (non-hydrogen) atoms. The summed E-state index contributed by atoms with van der Waals surface area (Å²) in [6.07, 6.45) is 0. The topological polar surface area (TPSA) is 41.6 Å². The van der Waals surface area contributed by atoms with E-state index in [1.54, 1.807) is 7.05 Å². The molecule has 0 amide bonds. The molecule has 4 heteroatoms. The number of carbonyl (C=O) groups is 1. The molecule has 0 aliphatic heterocycles. The lowest BCUT2D eigenvalue weighted by atomic mass is 10.1. The lowest BCUT2D eigenvalue weighted by Crippen LogP contribution is -2.45. The fraction of sp³-hybridized carbons (Fsp3) is 0.533. The van der Waals surface area contributed by atoms with Crippen molar-refractivity contribution in [1.82, 2.24) is 5.32 Å². The number of esters is 1. The van der Waals surface area contributed by atoms with Crippen molar-refractivity contribution in [2.75, 3.05) is 31.6 Å². The summed E-state index contributed by atoms with van der Waals surface area (Å²) in [5, 5.41) is 3.02. The van der Waals surface area contributed by atoms with Crippen molar-refractivity contribution >= 4 is 11.7 Å². The summed E-state index contributed by atoms with van der Waals surface area (Å²) in [5.41, 5.74) is 2.37. The average molecular weight is 264 g/mol. The molecule has 1 atom stereocenters. The van der Waals surface area contributed by atoms with E-state index < -0.39 is 0 Å². The Bertz CT molecular complexity index is 407. The Labute approximate surface area is 115 Å². The van der Waals surface area contributed by atoms with Crippen LogP contribution >= 0.6 is 0 Å². The average Bonchev–Trinajstić information content (AvgIpc) is 2.41. The minimum Gasteiger partial charge on any atom is -0.465 e. The molecule has 0 fully saturated rings. The fourth-order valence-electron chi connectivity index (χ4n) is 2.06. The second kappa shape index (κ2) is 7.79. The van der Waals surface area contributed by atoms with Crippen molar-refractivity contribution in [3.05, 3.63) is 29.8 Å². The zero-order valence-corrected chi connectivity index (χ0v) is 12.3. The van der Waals surface area contributed by atoms with E-state index in [-0.39, 0.29) is 12.0 Å². The summed E-state index contributed by atoms with van der Waals surface area (Å²) in [5.74, 6) is -0.197. The molecule has 1 rings (SSSR count). The number of anilines is 1. The van der Waals surface area contributed by atoms with Gasteiger partial charge in [-0.25, -0.2) is 0 Å². The van der Waals surface area contributed by atoms with Gasteiger partial charge in [0, 0.05) is 18.8 Å². The maximum Gasteiger partial charge on any atom is 0.324 e. The van der Waals surface area contributed by atoms with Crippen LogP contribution in [0.15, 0.2) is 24.3 Å². The van der Waals surface area contributed by atoms with E-state index in [9.17, 15) is 4.79 Å². The second-order valence-corrected chi connectivity index (χ2v) is 4.42. The molecular weight excluding hydrogens is 240 g/mol. The van der Waals surface area contributed by atoms with Gasteiger partial charge in [-0.05, 0) is 39.4 Å². The molecule has 106 valence electrons. The molecular formula is C15H24N2O2. The third kappa shape index (κ3) is 4.24. The van der Waals surface area contributed by atoms with Gasteiger partial charge < -0.3 is 15.0 Å². The van der Waals surface area contributed by atoms with Crippen LogP contribution in [0.25, 0.3) is 0 Å². The van der Waals surface area contributed by atoms with E-state index in [2.05, 4.69) is 36.2 Å². The molecule has 0 aromatic heterocycles. The van der Waals surface area contributed by atoms with Crippen molar-refractivity contribution < 1.29 is 9.53 Å². The lowest BCUT2D eigenvalue weighted by Gasteiger charge is -2.28. The molecule has 0 saturated carbocycles. The van der Waals surface area contributed by atoms with Crippen LogP contribution in [-0.4, -0.2) is 38.8 Å². The van der Waals surface area contributed by atoms with Crippen LogP contribution in [-0.2, 0) is 9.53 Å². The van der Waals surface area contributed by atoms with Gasteiger partial charge in [-0.3, -0.25) is 4.79 Å². The summed E-state index contributed by atoms with van der Waals surface area (Å²) < 4.78 is 5.08. The standard InChI is InChI=1S/C15H24N2O2/c1-5-17(14-10-8-7-9-12(14)3)11-13(16-4)15(18)19-6-2/h7-10,13,16H,5-6,11H2,1-4H3. The molecule has 0 spiro atoms. The Balaban J connectivity index is 2.81. The summed E-state index contributed by atoms with van der Waals surface area (Å²) in [7, 11) is 1.78. The van der Waals surface area contributed by atoms with E-state index in [4.69, 9.17) is 4.74 Å². The third-order valence-electron chi connectivity index (χ3n) is 3.16. The highest BCUT2D eigenvalue weighted by molar-refractivity contribution is 5.76. The highest BCUT2D eigenvalue weighted by Crippen LogP contribution is 2.19. The van der Waals surface area contributed by atoms with Gasteiger partial charge in [0.15, 0.2) is 0 Å². The minimum atomic E-state index is -0.306. The zero-order valence-electron chi connectivity index (χ0n) is 12.3. The fourth-order valence-corrected chi connectivity index (χ4v) is 2.06. The highest BCUT2D eigenvalue weighted by atomic mass is 16.5. The van der Waals surface area contributed by atoms with Crippen LogP contribution in [0.4, 0.5) is 5.69 Å². The summed E-state index contributed by atoms with van der Waals surface area (Å²) in [6.45, 7) is 7.86. The highest BCUT2D eigenvalue weighted by Gasteiger charge is 2.21. The molecule has 1 aromatic rings. The molecule has 0 radical (unpaired) electrons. The summed E-state index contributed by atoms with van der Waals surface area (Å²) in [6, 6.07) is 7.89. The first kappa shape index (κ1) is 15.5. The Hall–Kier alpha value is -1.55. The van der Waals surface area contributed by atoms with Crippen molar-refractivity contribution in [2.45, 2.75) is 26.8 Å². The van der Waals surface area contributed by atoms with Crippen molar-refractivity contribution in [3.8, 4) is 0 Å². The van der Waals surface area contributed by atoms with Crippen LogP contribution in [0.3, 0.4) is 0 Å². The van der Waals surface area contributed by atoms with Crippen LogP contribution in [0, 0.1) is 6.92 Å². The number of likely N-dealkylation sites (N-methyl/N-ethyl adjacent to an activating group) is 2. The van der Waals surface area contributed by atoms with E-state index in [0.717, 1.165) is 12.2 Å². The number of benzene rings is 1. The van der Waals surface area contributed by atoms with E-state index in [0.29, 0.717) is 13.2 Å². The Morgan fingerprint density at radius 1 is 1.37 bits per heavy atom. The maximum absolute atomic E-state index is 11.8. The molecule has 1 N–H and O–H groups in total. The number of ether oxygens (including phenoxy) is 1. The largest absolute Gasteiger partial charge is 0.465 e.